The SMILES string of the molecule is Nc1ncnn2c(C3CCC(C(=O)O)CC3)nc(I)c12. The van der Waals surface area contributed by atoms with Gasteiger partial charge in [0.15, 0.2) is 5.82 Å². The van der Waals surface area contributed by atoms with E-state index in [0.717, 1.165) is 27.9 Å². The van der Waals surface area contributed by atoms with E-state index in [0.29, 0.717) is 18.7 Å². The first-order chi connectivity index (χ1) is 9.58. The number of carboxylic acid groups (broad SMARTS) is 1. The first kappa shape index (κ1) is 13.5. The molecule has 106 valence electrons. The molecule has 8 heteroatoms. The van der Waals surface area contributed by atoms with Crippen LogP contribution in [0.5, 0.6) is 0 Å². The van der Waals surface area contributed by atoms with Gasteiger partial charge in [0.05, 0.1) is 5.92 Å². The van der Waals surface area contributed by atoms with Gasteiger partial charge >= 0.3 is 5.97 Å². The summed E-state index contributed by atoms with van der Waals surface area (Å²) >= 11 is 2.13. The van der Waals surface area contributed by atoms with Crippen LogP contribution in [-0.4, -0.2) is 30.7 Å². The van der Waals surface area contributed by atoms with Crippen molar-refractivity contribution in [3.63, 3.8) is 0 Å². The molecule has 3 rings (SSSR count). The smallest absolute Gasteiger partial charge is 0.306 e. The van der Waals surface area contributed by atoms with Gasteiger partial charge in [0.2, 0.25) is 0 Å². The number of aliphatic carboxylic acids is 1. The van der Waals surface area contributed by atoms with Gasteiger partial charge in [-0.25, -0.2) is 14.5 Å². The Hall–Kier alpha value is -1.45. The molecule has 0 amide bonds. The molecular formula is C12H14IN5O2. The van der Waals surface area contributed by atoms with Gasteiger partial charge < -0.3 is 10.8 Å². The van der Waals surface area contributed by atoms with E-state index in [1.807, 2.05) is 0 Å². The van der Waals surface area contributed by atoms with Crippen LogP contribution in [0.2, 0.25) is 0 Å². The predicted molar refractivity (Wildman–Crippen MR) is 80.2 cm³/mol. The molecule has 2 heterocycles. The van der Waals surface area contributed by atoms with Gasteiger partial charge in [-0.15, -0.1) is 0 Å². The molecule has 0 saturated heterocycles. The average Bonchev–Trinajstić information content (AvgIpc) is 2.77. The van der Waals surface area contributed by atoms with Crippen molar-refractivity contribution >= 4 is 39.9 Å². The summed E-state index contributed by atoms with van der Waals surface area (Å²) in [5, 5.41) is 13.3. The largest absolute Gasteiger partial charge is 0.481 e. The summed E-state index contributed by atoms with van der Waals surface area (Å²) in [7, 11) is 0. The van der Waals surface area contributed by atoms with Crippen LogP contribution < -0.4 is 5.73 Å². The summed E-state index contributed by atoms with van der Waals surface area (Å²) in [5.74, 6) is 0.592. The van der Waals surface area contributed by atoms with Gasteiger partial charge in [-0.3, -0.25) is 4.79 Å². The number of nitrogens with zero attached hydrogens (tertiary/aromatic N) is 4. The highest BCUT2D eigenvalue weighted by Gasteiger charge is 2.30. The fraction of sp³-hybridized carbons (Fsp3) is 0.500. The maximum atomic E-state index is 11.0. The summed E-state index contributed by atoms with van der Waals surface area (Å²) < 4.78 is 2.53. The van der Waals surface area contributed by atoms with Crippen LogP contribution in [0.4, 0.5) is 5.82 Å². The number of hydrogen-bond donors (Lipinski definition) is 2. The molecule has 0 spiro atoms. The molecule has 1 aliphatic carbocycles. The molecule has 0 aliphatic heterocycles. The Labute approximate surface area is 128 Å². The quantitative estimate of drug-likeness (QED) is 0.760. The fourth-order valence-electron chi connectivity index (χ4n) is 2.80. The lowest BCUT2D eigenvalue weighted by Gasteiger charge is -2.24. The Morgan fingerprint density at radius 2 is 2.10 bits per heavy atom. The van der Waals surface area contributed by atoms with Crippen molar-refractivity contribution in [3.05, 3.63) is 15.9 Å². The van der Waals surface area contributed by atoms with Gasteiger partial charge in [-0.2, -0.15) is 5.10 Å². The molecule has 2 aromatic heterocycles. The van der Waals surface area contributed by atoms with E-state index in [4.69, 9.17) is 10.8 Å². The second-order valence-electron chi connectivity index (χ2n) is 5.05. The molecule has 1 fully saturated rings. The van der Waals surface area contributed by atoms with Crippen molar-refractivity contribution in [3.8, 4) is 0 Å². The monoisotopic (exact) mass is 387 g/mol. The Bertz CT molecular complexity index is 663. The summed E-state index contributed by atoms with van der Waals surface area (Å²) in [6, 6.07) is 0. The standard InChI is InChI=1S/C12H14IN5O2/c13-9-8-10(14)15-5-16-18(8)11(17-9)6-1-3-7(4-2-6)12(19)20/h5-7H,1-4H2,(H,19,20)(H2,14,15,16). The molecule has 0 atom stereocenters. The molecule has 0 radical (unpaired) electrons. The van der Waals surface area contributed by atoms with Crippen LogP contribution in [0, 0.1) is 9.62 Å². The first-order valence-corrected chi connectivity index (χ1v) is 7.53. The molecular weight excluding hydrogens is 373 g/mol. The van der Waals surface area contributed by atoms with E-state index in [-0.39, 0.29) is 11.8 Å². The summed E-state index contributed by atoms with van der Waals surface area (Å²) in [6.45, 7) is 0. The molecule has 0 bridgehead atoms. The van der Waals surface area contributed by atoms with Crippen molar-refractivity contribution in [1.29, 1.82) is 0 Å². The topological polar surface area (TPSA) is 106 Å². The highest BCUT2D eigenvalue weighted by molar-refractivity contribution is 14.1. The first-order valence-electron chi connectivity index (χ1n) is 6.45. The van der Waals surface area contributed by atoms with Crippen LogP contribution in [-0.2, 0) is 4.79 Å². The van der Waals surface area contributed by atoms with Crippen LogP contribution >= 0.6 is 22.6 Å². The van der Waals surface area contributed by atoms with E-state index < -0.39 is 5.97 Å². The Kier molecular flexibility index (Phi) is 3.48. The summed E-state index contributed by atoms with van der Waals surface area (Å²) in [5.41, 5.74) is 6.61. The van der Waals surface area contributed by atoms with Gasteiger partial charge in [0, 0.05) is 5.92 Å². The van der Waals surface area contributed by atoms with Crippen LogP contribution in [0.25, 0.3) is 5.52 Å². The molecule has 3 N–H and O–H groups in total. The summed E-state index contributed by atoms with van der Waals surface area (Å²) in [6.07, 6.45) is 4.43. The molecule has 20 heavy (non-hydrogen) atoms. The van der Waals surface area contributed by atoms with E-state index in [2.05, 4.69) is 37.7 Å². The third-order valence-electron chi connectivity index (χ3n) is 3.89. The minimum absolute atomic E-state index is 0.226. The predicted octanol–water partition coefficient (Wildman–Crippen LogP) is 1.67. The zero-order valence-corrected chi connectivity index (χ0v) is 12.8. The second kappa shape index (κ2) is 5.15. The highest BCUT2D eigenvalue weighted by Crippen LogP contribution is 2.36. The van der Waals surface area contributed by atoms with Gasteiger partial charge in [0.1, 0.15) is 21.4 Å². The number of hydrogen-bond acceptors (Lipinski definition) is 5. The minimum atomic E-state index is -0.697. The van der Waals surface area contributed by atoms with Crippen LogP contribution in [0.1, 0.15) is 37.4 Å². The molecule has 1 aliphatic rings. The van der Waals surface area contributed by atoms with Crippen LogP contribution in [0.3, 0.4) is 0 Å². The van der Waals surface area contributed by atoms with E-state index in [1.165, 1.54) is 6.33 Å². The Morgan fingerprint density at radius 3 is 2.75 bits per heavy atom. The highest BCUT2D eigenvalue weighted by atomic mass is 127. The number of aromatic nitrogens is 4. The van der Waals surface area contributed by atoms with Gasteiger partial charge in [0.25, 0.3) is 0 Å². The van der Waals surface area contributed by atoms with E-state index in [9.17, 15) is 4.79 Å². The third-order valence-corrected chi connectivity index (χ3v) is 4.64. The number of fused-ring (bicyclic) bond motifs is 1. The van der Waals surface area contributed by atoms with Gasteiger partial charge in [-0.05, 0) is 48.3 Å². The molecule has 0 unspecified atom stereocenters. The normalized spacial score (nSPS) is 23.1. The molecule has 1 saturated carbocycles. The van der Waals surface area contributed by atoms with Crippen molar-refractivity contribution in [2.24, 2.45) is 5.92 Å². The van der Waals surface area contributed by atoms with Gasteiger partial charge in [-0.1, -0.05) is 0 Å². The second-order valence-corrected chi connectivity index (χ2v) is 6.08. The number of anilines is 1. The third kappa shape index (κ3) is 2.21. The molecule has 0 aromatic carbocycles. The lowest BCUT2D eigenvalue weighted by molar-refractivity contribution is -0.142. The number of nitrogen functional groups attached to an aromatic ring is 1. The number of carbonyl (C=O) groups is 1. The number of imidazole rings is 1. The number of halogens is 1. The van der Waals surface area contributed by atoms with Crippen molar-refractivity contribution < 1.29 is 9.90 Å². The van der Waals surface area contributed by atoms with E-state index >= 15 is 0 Å². The Balaban J connectivity index is 1.92. The minimum Gasteiger partial charge on any atom is -0.481 e. The molecule has 2 aromatic rings. The summed E-state index contributed by atoms with van der Waals surface area (Å²) in [4.78, 5) is 19.5. The van der Waals surface area contributed by atoms with Crippen molar-refractivity contribution in [2.75, 3.05) is 5.73 Å². The van der Waals surface area contributed by atoms with Crippen LogP contribution in [0.15, 0.2) is 6.33 Å². The van der Waals surface area contributed by atoms with Crippen molar-refractivity contribution in [2.45, 2.75) is 31.6 Å². The average molecular weight is 387 g/mol. The lowest BCUT2D eigenvalue weighted by atomic mass is 9.82. The van der Waals surface area contributed by atoms with Crippen molar-refractivity contribution in [1.82, 2.24) is 19.6 Å². The zero-order valence-electron chi connectivity index (χ0n) is 10.7. The maximum Gasteiger partial charge on any atom is 0.306 e. The van der Waals surface area contributed by atoms with E-state index in [1.54, 1.807) is 4.52 Å². The molecule has 7 nitrogen and oxygen atoms in total. The number of rotatable bonds is 2. The fourth-order valence-corrected chi connectivity index (χ4v) is 3.55. The number of nitrogens with two attached hydrogens (primary N) is 1. The Morgan fingerprint density at radius 1 is 1.40 bits per heavy atom. The lowest BCUT2D eigenvalue weighted by Crippen LogP contribution is -2.21. The number of carboxylic acids is 1. The zero-order chi connectivity index (χ0) is 14.3. The maximum absolute atomic E-state index is 11.0.